The zero-order valence-corrected chi connectivity index (χ0v) is 30.1. The second-order valence-electron chi connectivity index (χ2n) is 13.3. The lowest BCUT2D eigenvalue weighted by Crippen LogP contribution is -2.17. The molecular formula is C46H47NS. The first-order valence-electron chi connectivity index (χ1n) is 16.8. The van der Waals surface area contributed by atoms with Crippen LogP contribution >= 0.6 is 10.0 Å². The summed E-state index contributed by atoms with van der Waals surface area (Å²) in [6.07, 6.45) is 22.4. The van der Waals surface area contributed by atoms with Gasteiger partial charge in [0.05, 0.1) is 5.69 Å². The highest BCUT2D eigenvalue weighted by molar-refractivity contribution is 8.39. The van der Waals surface area contributed by atoms with Gasteiger partial charge in [-0.3, -0.25) is 0 Å². The predicted molar refractivity (Wildman–Crippen MR) is 213 cm³/mol. The van der Waals surface area contributed by atoms with E-state index in [9.17, 15) is 0 Å². The highest BCUT2D eigenvalue weighted by Gasteiger charge is 2.36. The van der Waals surface area contributed by atoms with Gasteiger partial charge < -0.3 is 4.90 Å². The van der Waals surface area contributed by atoms with Crippen LogP contribution in [-0.2, 0) is 11.8 Å². The molecule has 48 heavy (non-hydrogen) atoms. The molecule has 0 radical (unpaired) electrons. The second kappa shape index (κ2) is 13.4. The molecule has 0 saturated carbocycles. The van der Waals surface area contributed by atoms with E-state index in [1.807, 2.05) is 6.08 Å². The van der Waals surface area contributed by atoms with Gasteiger partial charge in [-0.1, -0.05) is 112 Å². The number of fused-ring (bicyclic) bond motifs is 4. The Balaban J connectivity index is 1.39. The lowest BCUT2D eigenvalue weighted by atomic mass is 9.81. The van der Waals surface area contributed by atoms with Gasteiger partial charge in [-0.15, -0.1) is 0 Å². The highest BCUT2D eigenvalue weighted by atomic mass is 32.3. The van der Waals surface area contributed by atoms with Gasteiger partial charge in [0.25, 0.3) is 0 Å². The zero-order chi connectivity index (χ0) is 34.1. The molecular weight excluding hydrogens is 599 g/mol. The summed E-state index contributed by atoms with van der Waals surface area (Å²) in [6.45, 7) is 19.7. The number of benzene rings is 4. The van der Waals surface area contributed by atoms with Crippen molar-refractivity contribution in [1.29, 1.82) is 0 Å². The van der Waals surface area contributed by atoms with Crippen molar-refractivity contribution in [3.63, 3.8) is 0 Å². The fourth-order valence-corrected chi connectivity index (χ4v) is 10.3. The fourth-order valence-electron chi connectivity index (χ4n) is 7.23. The Labute approximate surface area is 290 Å². The number of anilines is 2. The first-order chi connectivity index (χ1) is 23.1. The quantitative estimate of drug-likeness (QED) is 0.172. The van der Waals surface area contributed by atoms with Gasteiger partial charge in [0.15, 0.2) is 0 Å². The molecule has 0 N–H and O–H groups in total. The topological polar surface area (TPSA) is 3.24 Å². The standard InChI is InChI=1S/C46H47NS/c1-9-12-23-38(11-3)48(8,34(5)10-2)39-24-18-21-36(30-39)28-35-20-17-22-37(29-35)47-27-16-15-19-33(4)41-31-42-40-25-13-14-26-43(40)46(6,7)44(42)32-45(41)47/h9-27,29-32H,1,4,28H2,2-3,5-8H3/b19-15-,23-12-,27-16-,34-10+,38-11+. The van der Waals surface area contributed by atoms with Crippen molar-refractivity contribution in [3.05, 3.63) is 191 Å². The van der Waals surface area contributed by atoms with E-state index in [0.29, 0.717) is 0 Å². The van der Waals surface area contributed by atoms with Crippen LogP contribution in [0.2, 0.25) is 0 Å². The average Bonchev–Trinajstić information content (AvgIpc) is 3.32. The van der Waals surface area contributed by atoms with Gasteiger partial charge >= 0.3 is 0 Å². The maximum Gasteiger partial charge on any atom is 0.0537 e. The van der Waals surface area contributed by atoms with Crippen molar-refractivity contribution in [2.24, 2.45) is 0 Å². The molecule has 4 aromatic carbocycles. The zero-order valence-electron chi connectivity index (χ0n) is 29.3. The molecule has 0 fully saturated rings. The first kappa shape index (κ1) is 33.1. The van der Waals surface area contributed by atoms with Crippen LogP contribution in [0, 0.1) is 0 Å². The van der Waals surface area contributed by atoms with Crippen LogP contribution in [0.4, 0.5) is 11.4 Å². The van der Waals surface area contributed by atoms with Crippen molar-refractivity contribution in [3.8, 4) is 11.1 Å². The lowest BCUT2D eigenvalue weighted by molar-refractivity contribution is 0.660. The number of nitrogens with zero attached hydrogens (tertiary/aromatic N) is 1. The molecule has 1 heterocycles. The van der Waals surface area contributed by atoms with E-state index in [2.05, 4.69) is 193 Å². The first-order valence-corrected chi connectivity index (χ1v) is 18.8. The largest absolute Gasteiger partial charge is 0.317 e. The molecule has 1 aliphatic heterocycles. The van der Waals surface area contributed by atoms with Crippen LogP contribution in [0.5, 0.6) is 0 Å². The predicted octanol–water partition coefficient (Wildman–Crippen LogP) is 13.2. The number of allylic oxidation sites excluding steroid dienone is 10. The van der Waals surface area contributed by atoms with E-state index in [1.165, 1.54) is 48.1 Å². The van der Waals surface area contributed by atoms with Gasteiger partial charge in [0, 0.05) is 22.9 Å². The van der Waals surface area contributed by atoms with Crippen molar-refractivity contribution >= 4 is 27.0 Å². The van der Waals surface area contributed by atoms with Crippen LogP contribution < -0.4 is 4.90 Å². The molecule has 4 aromatic rings. The summed E-state index contributed by atoms with van der Waals surface area (Å²) in [4.78, 5) is 6.45. The molecule has 1 unspecified atom stereocenters. The Hall–Kier alpha value is -4.79. The fraction of sp³-hybridized carbons (Fsp3) is 0.174. The Morgan fingerprint density at radius 2 is 1.56 bits per heavy atom. The Bertz CT molecular complexity index is 2060. The summed E-state index contributed by atoms with van der Waals surface area (Å²) in [5, 5.41) is 0. The summed E-state index contributed by atoms with van der Waals surface area (Å²) in [7, 11) is -1.37. The van der Waals surface area contributed by atoms with Crippen molar-refractivity contribution < 1.29 is 0 Å². The molecule has 0 saturated heterocycles. The Morgan fingerprint density at radius 3 is 2.31 bits per heavy atom. The van der Waals surface area contributed by atoms with E-state index in [1.54, 1.807) is 0 Å². The number of hydrogen-bond donors (Lipinski definition) is 0. The van der Waals surface area contributed by atoms with Crippen LogP contribution in [0.3, 0.4) is 0 Å². The Kier molecular flexibility index (Phi) is 9.23. The van der Waals surface area contributed by atoms with E-state index >= 15 is 0 Å². The van der Waals surface area contributed by atoms with Gasteiger partial charge in [0.1, 0.15) is 0 Å². The third kappa shape index (κ3) is 5.80. The lowest BCUT2D eigenvalue weighted by Gasteiger charge is -2.39. The molecule has 0 amide bonds. The molecule has 2 aliphatic rings. The van der Waals surface area contributed by atoms with Gasteiger partial charge in [-0.25, -0.2) is 0 Å². The van der Waals surface area contributed by atoms with Crippen LogP contribution in [0.25, 0.3) is 16.7 Å². The average molecular weight is 646 g/mol. The van der Waals surface area contributed by atoms with Gasteiger partial charge in [-0.05, 0) is 136 Å². The van der Waals surface area contributed by atoms with Gasteiger partial charge in [0.2, 0.25) is 0 Å². The molecule has 1 nitrogen and oxygen atoms in total. The summed E-state index contributed by atoms with van der Waals surface area (Å²) < 4.78 is 0. The molecule has 242 valence electrons. The van der Waals surface area contributed by atoms with E-state index in [0.717, 1.165) is 28.9 Å². The molecule has 1 aliphatic carbocycles. The maximum atomic E-state index is 4.50. The van der Waals surface area contributed by atoms with Crippen molar-refractivity contribution in [2.75, 3.05) is 11.2 Å². The normalized spacial score (nSPS) is 18.6. The SMILES string of the molecule is C=C/C=C\C(=C/C)S(C)(/C(C)=C/C)c1cccc(Cc2cccc(N3/C=C\C=C/C(=C)c4cc5c(cc43)C(C)(C)c3ccccc3-5)c2)c1. The second-order valence-corrected chi connectivity index (χ2v) is 16.7. The van der Waals surface area contributed by atoms with E-state index in [-0.39, 0.29) is 5.41 Å². The van der Waals surface area contributed by atoms with Crippen molar-refractivity contribution in [2.45, 2.75) is 51.3 Å². The molecule has 2 heteroatoms. The van der Waals surface area contributed by atoms with E-state index < -0.39 is 10.0 Å². The number of rotatable bonds is 8. The summed E-state index contributed by atoms with van der Waals surface area (Å²) in [5.74, 6) is 0. The third-order valence-electron chi connectivity index (χ3n) is 10.1. The molecule has 1 atom stereocenters. The summed E-state index contributed by atoms with van der Waals surface area (Å²) in [5.41, 5.74) is 12.4. The molecule has 0 spiro atoms. The van der Waals surface area contributed by atoms with Crippen LogP contribution in [0.15, 0.2) is 168 Å². The molecule has 6 rings (SSSR count). The summed E-state index contributed by atoms with van der Waals surface area (Å²) in [6, 6.07) is 31.8. The van der Waals surface area contributed by atoms with Crippen LogP contribution in [0.1, 0.15) is 62.4 Å². The summed E-state index contributed by atoms with van der Waals surface area (Å²) >= 11 is 0. The highest BCUT2D eigenvalue weighted by Crippen LogP contribution is 2.65. The molecule has 0 aromatic heterocycles. The van der Waals surface area contributed by atoms with E-state index in [4.69, 9.17) is 0 Å². The Morgan fingerprint density at radius 1 is 0.812 bits per heavy atom. The maximum absolute atomic E-state index is 4.50. The minimum absolute atomic E-state index is 0.0845. The number of hydrogen-bond acceptors (Lipinski definition) is 1. The monoisotopic (exact) mass is 645 g/mol. The van der Waals surface area contributed by atoms with Crippen LogP contribution in [-0.4, -0.2) is 6.26 Å². The minimum atomic E-state index is -1.37. The molecule has 0 bridgehead atoms. The van der Waals surface area contributed by atoms with Gasteiger partial charge in [-0.2, -0.15) is 10.0 Å². The smallest absolute Gasteiger partial charge is 0.0537 e. The van der Waals surface area contributed by atoms with Crippen molar-refractivity contribution in [1.82, 2.24) is 0 Å². The third-order valence-corrected chi connectivity index (χ3v) is 14.2. The minimum Gasteiger partial charge on any atom is -0.317 e.